The lowest BCUT2D eigenvalue weighted by Crippen LogP contribution is -2.42. The van der Waals surface area contributed by atoms with Crippen molar-refractivity contribution in [2.24, 2.45) is 16.0 Å². The molecule has 3 aliphatic rings. The molecule has 3 heterocycles. The van der Waals surface area contributed by atoms with Gasteiger partial charge in [-0.1, -0.05) is 6.07 Å². The quantitative estimate of drug-likeness (QED) is 0.802. The molecular weight excluding hydrogens is 336 g/mol. The third-order valence-corrected chi connectivity index (χ3v) is 4.80. The van der Waals surface area contributed by atoms with Crippen LogP contribution < -0.4 is 25.7 Å². The highest BCUT2D eigenvalue weighted by atomic mass is 16.7. The fourth-order valence-corrected chi connectivity index (χ4v) is 3.51. The van der Waals surface area contributed by atoms with Crippen LogP contribution in [0.15, 0.2) is 52.2 Å². The molecule has 0 fully saturated rings. The van der Waals surface area contributed by atoms with Crippen molar-refractivity contribution >= 4 is 17.3 Å². The SMILES string of the molecule is NC(=O)C1(c2ccc3c(c2)OCO3)N=NC2=C1COc1ccc(N)cc12. The minimum absolute atomic E-state index is 0.133. The topological polar surface area (TPSA) is 122 Å². The normalized spacial score (nSPS) is 22.0. The molecule has 8 nitrogen and oxygen atoms in total. The molecule has 0 radical (unpaired) electrons. The maximum absolute atomic E-state index is 12.5. The van der Waals surface area contributed by atoms with Crippen LogP contribution in [-0.4, -0.2) is 19.3 Å². The first kappa shape index (κ1) is 14.8. The van der Waals surface area contributed by atoms with Gasteiger partial charge in [0.25, 0.3) is 5.91 Å². The minimum atomic E-state index is -1.45. The Hall–Kier alpha value is -3.55. The van der Waals surface area contributed by atoms with Crippen molar-refractivity contribution in [3.8, 4) is 17.2 Å². The lowest BCUT2D eigenvalue weighted by Gasteiger charge is -2.28. The monoisotopic (exact) mass is 350 g/mol. The van der Waals surface area contributed by atoms with Gasteiger partial charge in [-0.25, -0.2) is 0 Å². The van der Waals surface area contributed by atoms with Gasteiger partial charge >= 0.3 is 0 Å². The van der Waals surface area contributed by atoms with Gasteiger partial charge in [-0.3, -0.25) is 4.79 Å². The molecule has 1 atom stereocenters. The number of benzene rings is 2. The van der Waals surface area contributed by atoms with Crippen LogP contribution in [0.5, 0.6) is 17.2 Å². The summed E-state index contributed by atoms with van der Waals surface area (Å²) in [5.74, 6) is 1.15. The zero-order chi connectivity index (χ0) is 17.9. The maximum atomic E-state index is 12.5. The van der Waals surface area contributed by atoms with Crippen LogP contribution in [0.1, 0.15) is 11.1 Å². The lowest BCUT2D eigenvalue weighted by molar-refractivity contribution is -0.122. The van der Waals surface area contributed by atoms with Gasteiger partial charge in [0.2, 0.25) is 12.3 Å². The molecule has 1 unspecified atom stereocenters. The van der Waals surface area contributed by atoms with Crippen LogP contribution in [0, 0.1) is 0 Å². The smallest absolute Gasteiger partial charge is 0.256 e. The Bertz CT molecular complexity index is 1030. The molecule has 0 aromatic heterocycles. The van der Waals surface area contributed by atoms with Crippen molar-refractivity contribution in [2.45, 2.75) is 5.54 Å². The Balaban J connectivity index is 1.72. The molecule has 2 aromatic carbocycles. The second-order valence-electron chi connectivity index (χ2n) is 6.21. The standard InChI is InChI=1S/C18H14N4O4/c19-10-2-4-13-11(6-10)16-12(7-24-13)18(17(20)23,22-21-16)9-1-3-14-15(5-9)26-8-25-14/h1-6H,7-8,19H2,(H2,20,23). The summed E-state index contributed by atoms with van der Waals surface area (Å²) >= 11 is 0. The summed E-state index contributed by atoms with van der Waals surface area (Å²) < 4.78 is 16.6. The van der Waals surface area contributed by atoms with E-state index in [1.165, 1.54) is 0 Å². The second-order valence-corrected chi connectivity index (χ2v) is 6.21. The number of nitrogens with zero attached hydrogens (tertiary/aromatic N) is 2. The molecule has 0 aliphatic carbocycles. The van der Waals surface area contributed by atoms with E-state index in [4.69, 9.17) is 25.7 Å². The van der Waals surface area contributed by atoms with E-state index in [-0.39, 0.29) is 13.4 Å². The number of carbonyl (C=O) groups excluding carboxylic acids is 1. The van der Waals surface area contributed by atoms with Crippen molar-refractivity contribution in [2.75, 3.05) is 19.1 Å². The molecule has 3 aliphatic heterocycles. The number of azo groups is 1. The first-order valence-corrected chi connectivity index (χ1v) is 7.99. The summed E-state index contributed by atoms with van der Waals surface area (Å²) in [6.45, 7) is 0.282. The number of rotatable bonds is 2. The molecule has 26 heavy (non-hydrogen) atoms. The highest BCUT2D eigenvalue weighted by Crippen LogP contribution is 2.50. The molecular formula is C18H14N4O4. The molecule has 0 saturated carbocycles. The lowest BCUT2D eigenvalue weighted by atomic mass is 9.80. The van der Waals surface area contributed by atoms with Gasteiger partial charge in [0.15, 0.2) is 11.5 Å². The van der Waals surface area contributed by atoms with E-state index >= 15 is 0 Å². The van der Waals surface area contributed by atoms with Crippen molar-refractivity contribution in [1.29, 1.82) is 0 Å². The van der Waals surface area contributed by atoms with Gasteiger partial charge in [-0.15, -0.1) is 0 Å². The van der Waals surface area contributed by atoms with Gasteiger partial charge in [0.05, 0.1) is 0 Å². The number of amides is 1. The number of primary amides is 1. The third-order valence-electron chi connectivity index (χ3n) is 4.80. The van der Waals surface area contributed by atoms with E-state index < -0.39 is 11.4 Å². The number of nitrogens with two attached hydrogens (primary N) is 2. The Kier molecular flexibility index (Phi) is 2.83. The van der Waals surface area contributed by atoms with Gasteiger partial charge in [0.1, 0.15) is 18.1 Å². The van der Waals surface area contributed by atoms with E-state index in [1.807, 2.05) is 0 Å². The zero-order valence-corrected chi connectivity index (χ0v) is 13.6. The molecule has 0 spiro atoms. The number of hydrogen-bond donors (Lipinski definition) is 2. The summed E-state index contributed by atoms with van der Waals surface area (Å²) in [4.78, 5) is 12.5. The number of anilines is 1. The molecule has 8 heteroatoms. The molecule has 2 aromatic rings. The first-order chi connectivity index (χ1) is 12.6. The summed E-state index contributed by atoms with van der Waals surface area (Å²) in [7, 11) is 0. The summed E-state index contributed by atoms with van der Waals surface area (Å²) in [5, 5.41) is 8.58. The average Bonchev–Trinajstić information content (AvgIpc) is 3.26. The van der Waals surface area contributed by atoms with Crippen molar-refractivity contribution in [3.05, 3.63) is 53.1 Å². The van der Waals surface area contributed by atoms with E-state index in [1.54, 1.807) is 36.4 Å². The highest BCUT2D eigenvalue weighted by Gasteiger charge is 2.50. The van der Waals surface area contributed by atoms with Crippen LogP contribution in [-0.2, 0) is 10.3 Å². The first-order valence-electron chi connectivity index (χ1n) is 7.99. The van der Waals surface area contributed by atoms with Crippen molar-refractivity contribution in [3.63, 3.8) is 0 Å². The van der Waals surface area contributed by atoms with E-state index in [2.05, 4.69) is 10.2 Å². The van der Waals surface area contributed by atoms with Crippen LogP contribution in [0.2, 0.25) is 0 Å². The van der Waals surface area contributed by atoms with Crippen LogP contribution in [0.4, 0.5) is 5.69 Å². The van der Waals surface area contributed by atoms with Gasteiger partial charge in [-0.05, 0) is 35.9 Å². The van der Waals surface area contributed by atoms with Gasteiger partial charge in [0, 0.05) is 16.8 Å². The summed E-state index contributed by atoms with van der Waals surface area (Å²) in [6, 6.07) is 10.4. The number of carbonyl (C=O) groups is 1. The molecule has 1 amide bonds. The van der Waals surface area contributed by atoms with Crippen molar-refractivity contribution in [1.82, 2.24) is 0 Å². The highest BCUT2D eigenvalue weighted by molar-refractivity contribution is 5.96. The molecule has 5 rings (SSSR count). The third kappa shape index (κ3) is 1.81. The Morgan fingerprint density at radius 3 is 2.69 bits per heavy atom. The largest absolute Gasteiger partial charge is 0.488 e. The molecule has 0 bridgehead atoms. The number of fused-ring (bicyclic) bond motifs is 3. The second kappa shape index (κ2) is 4.98. The average molecular weight is 350 g/mol. The van der Waals surface area contributed by atoms with Crippen LogP contribution >= 0.6 is 0 Å². The van der Waals surface area contributed by atoms with E-state index in [0.717, 1.165) is 0 Å². The van der Waals surface area contributed by atoms with Gasteiger partial charge < -0.3 is 25.7 Å². The molecule has 130 valence electrons. The van der Waals surface area contributed by atoms with Crippen LogP contribution in [0.25, 0.3) is 5.70 Å². The minimum Gasteiger partial charge on any atom is -0.488 e. The molecule has 0 saturated heterocycles. The van der Waals surface area contributed by atoms with Gasteiger partial charge in [-0.2, -0.15) is 10.2 Å². The fraction of sp³-hybridized carbons (Fsp3) is 0.167. The Labute approximate surface area is 148 Å². The summed E-state index contributed by atoms with van der Waals surface area (Å²) in [5.41, 5.74) is 13.2. The summed E-state index contributed by atoms with van der Waals surface area (Å²) in [6.07, 6.45) is 0. The maximum Gasteiger partial charge on any atom is 0.256 e. The van der Waals surface area contributed by atoms with E-state index in [0.29, 0.717) is 45.3 Å². The van der Waals surface area contributed by atoms with Crippen molar-refractivity contribution < 1.29 is 19.0 Å². The van der Waals surface area contributed by atoms with E-state index in [9.17, 15) is 4.79 Å². The number of hydrogen-bond acceptors (Lipinski definition) is 7. The number of nitrogen functional groups attached to an aromatic ring is 1. The number of ether oxygens (including phenoxy) is 3. The predicted octanol–water partition coefficient (Wildman–Crippen LogP) is 1.95. The predicted molar refractivity (Wildman–Crippen MR) is 91.6 cm³/mol. The molecule has 4 N–H and O–H groups in total. The fourth-order valence-electron chi connectivity index (χ4n) is 3.51. The Morgan fingerprint density at radius 2 is 1.85 bits per heavy atom. The zero-order valence-electron chi connectivity index (χ0n) is 13.6. The Morgan fingerprint density at radius 1 is 1.04 bits per heavy atom. The van der Waals surface area contributed by atoms with Crippen LogP contribution in [0.3, 0.4) is 0 Å².